The zero-order valence-corrected chi connectivity index (χ0v) is 16.1. The van der Waals surface area contributed by atoms with Gasteiger partial charge in [0.05, 0.1) is 18.2 Å². The predicted molar refractivity (Wildman–Crippen MR) is 103 cm³/mol. The van der Waals surface area contributed by atoms with E-state index in [4.69, 9.17) is 16.7 Å². The Morgan fingerprint density at radius 3 is 2.50 bits per heavy atom. The van der Waals surface area contributed by atoms with E-state index in [2.05, 4.69) is 21.0 Å². The molecule has 134 valence electrons. The molecule has 0 saturated heterocycles. The molecule has 1 N–H and O–H groups in total. The number of hydrogen-bond acceptors (Lipinski definition) is 3. The standard InChI is InChI=1S/C19H16BrClN2O3/c20-13-7-5-12(6-8-13)16-11-17(14-3-1-2-4-15(14)21)23(22-16)18(24)9-10-19(25)26/h1-8,17H,9-11H2,(H,25,26). The van der Waals surface area contributed by atoms with Gasteiger partial charge in [-0.25, -0.2) is 5.01 Å². The zero-order valence-electron chi connectivity index (χ0n) is 13.7. The fourth-order valence-electron chi connectivity index (χ4n) is 2.87. The largest absolute Gasteiger partial charge is 0.481 e. The highest BCUT2D eigenvalue weighted by Crippen LogP contribution is 2.36. The normalized spacial score (nSPS) is 16.5. The van der Waals surface area contributed by atoms with Crippen LogP contribution in [0.15, 0.2) is 58.1 Å². The Hall–Kier alpha value is -2.18. The van der Waals surface area contributed by atoms with Crippen LogP contribution in [0, 0.1) is 0 Å². The van der Waals surface area contributed by atoms with Crippen molar-refractivity contribution in [2.75, 3.05) is 0 Å². The molecule has 1 amide bonds. The van der Waals surface area contributed by atoms with Gasteiger partial charge >= 0.3 is 5.97 Å². The molecule has 3 rings (SSSR count). The highest BCUT2D eigenvalue weighted by atomic mass is 79.9. The molecule has 2 aromatic rings. The van der Waals surface area contributed by atoms with Gasteiger partial charge in [0.25, 0.3) is 0 Å². The van der Waals surface area contributed by atoms with Gasteiger partial charge in [0, 0.05) is 22.3 Å². The lowest BCUT2D eigenvalue weighted by Gasteiger charge is -2.22. The number of carbonyl (C=O) groups is 2. The number of carboxylic acids is 1. The number of hydrogen-bond donors (Lipinski definition) is 1. The maximum atomic E-state index is 12.6. The van der Waals surface area contributed by atoms with Crippen LogP contribution in [0.4, 0.5) is 0 Å². The van der Waals surface area contributed by atoms with Crippen molar-refractivity contribution in [3.05, 3.63) is 69.2 Å². The molecule has 7 heteroatoms. The van der Waals surface area contributed by atoms with Gasteiger partial charge in [0.2, 0.25) is 5.91 Å². The monoisotopic (exact) mass is 434 g/mol. The van der Waals surface area contributed by atoms with E-state index in [1.165, 1.54) is 5.01 Å². The Morgan fingerprint density at radius 2 is 1.85 bits per heavy atom. The van der Waals surface area contributed by atoms with E-state index in [9.17, 15) is 9.59 Å². The number of benzene rings is 2. The van der Waals surface area contributed by atoms with Gasteiger partial charge < -0.3 is 5.11 Å². The second-order valence-corrected chi connectivity index (χ2v) is 7.25. The van der Waals surface area contributed by atoms with Crippen LogP contribution in [-0.4, -0.2) is 27.7 Å². The van der Waals surface area contributed by atoms with Gasteiger partial charge in [-0.1, -0.05) is 57.9 Å². The van der Waals surface area contributed by atoms with Crippen LogP contribution in [0.5, 0.6) is 0 Å². The first-order chi connectivity index (χ1) is 12.5. The molecule has 5 nitrogen and oxygen atoms in total. The molecule has 1 aliphatic heterocycles. The van der Waals surface area contributed by atoms with Crippen molar-refractivity contribution in [3.8, 4) is 0 Å². The molecule has 1 aliphatic rings. The number of aliphatic carboxylic acids is 1. The van der Waals surface area contributed by atoms with E-state index in [1.807, 2.05) is 42.5 Å². The fraction of sp³-hybridized carbons (Fsp3) is 0.211. The van der Waals surface area contributed by atoms with E-state index < -0.39 is 5.97 Å². The lowest BCUT2D eigenvalue weighted by molar-refractivity contribution is -0.141. The number of amides is 1. The lowest BCUT2D eigenvalue weighted by atomic mass is 9.98. The summed E-state index contributed by atoms with van der Waals surface area (Å²) in [5.74, 6) is -1.34. The third-order valence-corrected chi connectivity index (χ3v) is 5.03. The number of carbonyl (C=O) groups excluding carboxylic acids is 1. The van der Waals surface area contributed by atoms with Gasteiger partial charge in [-0.3, -0.25) is 9.59 Å². The molecule has 1 atom stereocenters. The Balaban J connectivity index is 1.93. The van der Waals surface area contributed by atoms with Crippen molar-refractivity contribution in [1.29, 1.82) is 0 Å². The Bertz CT molecular complexity index is 867. The Labute approximate surface area is 164 Å². The number of rotatable bonds is 5. The summed E-state index contributed by atoms with van der Waals surface area (Å²) >= 11 is 9.73. The van der Waals surface area contributed by atoms with Gasteiger partial charge in [-0.05, 0) is 29.3 Å². The SMILES string of the molecule is O=C(O)CCC(=O)N1N=C(c2ccc(Br)cc2)CC1c1ccccc1Cl. The maximum absolute atomic E-state index is 12.6. The van der Waals surface area contributed by atoms with Crippen molar-refractivity contribution < 1.29 is 14.7 Å². The Morgan fingerprint density at radius 1 is 1.15 bits per heavy atom. The van der Waals surface area contributed by atoms with Crippen LogP contribution in [0.25, 0.3) is 0 Å². The predicted octanol–water partition coefficient (Wildman–Crippen LogP) is 4.65. The average molecular weight is 436 g/mol. The zero-order chi connectivity index (χ0) is 18.7. The summed E-state index contributed by atoms with van der Waals surface area (Å²) in [5, 5.41) is 15.3. The summed E-state index contributed by atoms with van der Waals surface area (Å²) in [6, 6.07) is 14.7. The number of carboxylic acid groups (broad SMARTS) is 1. The van der Waals surface area contributed by atoms with Crippen LogP contribution in [-0.2, 0) is 9.59 Å². The molecule has 0 radical (unpaired) electrons. The third-order valence-electron chi connectivity index (χ3n) is 4.16. The molecule has 1 unspecified atom stereocenters. The minimum atomic E-state index is -1.01. The molecule has 2 aromatic carbocycles. The summed E-state index contributed by atoms with van der Waals surface area (Å²) in [4.78, 5) is 23.4. The summed E-state index contributed by atoms with van der Waals surface area (Å²) in [7, 11) is 0. The van der Waals surface area contributed by atoms with E-state index in [1.54, 1.807) is 6.07 Å². The molecule has 1 heterocycles. The third kappa shape index (κ3) is 4.14. The first-order valence-corrected chi connectivity index (χ1v) is 9.24. The van der Waals surface area contributed by atoms with Crippen LogP contribution >= 0.6 is 27.5 Å². The summed E-state index contributed by atoms with van der Waals surface area (Å²) in [6.45, 7) is 0. The van der Waals surface area contributed by atoms with Crippen molar-refractivity contribution in [2.45, 2.75) is 25.3 Å². The molecule has 0 aliphatic carbocycles. The molecule has 0 spiro atoms. The molecule has 0 fully saturated rings. The van der Waals surface area contributed by atoms with Crippen molar-refractivity contribution >= 4 is 45.1 Å². The maximum Gasteiger partial charge on any atom is 0.303 e. The highest BCUT2D eigenvalue weighted by molar-refractivity contribution is 9.10. The smallest absolute Gasteiger partial charge is 0.303 e. The average Bonchev–Trinajstić information content (AvgIpc) is 3.06. The van der Waals surface area contributed by atoms with Crippen molar-refractivity contribution in [1.82, 2.24) is 5.01 Å². The lowest BCUT2D eigenvalue weighted by Crippen LogP contribution is -2.27. The number of nitrogens with zero attached hydrogens (tertiary/aromatic N) is 2. The van der Waals surface area contributed by atoms with Crippen molar-refractivity contribution in [3.63, 3.8) is 0 Å². The first kappa shape index (κ1) is 18.6. The number of hydrazone groups is 1. The quantitative estimate of drug-likeness (QED) is 0.743. The van der Waals surface area contributed by atoms with Crippen LogP contribution < -0.4 is 0 Å². The van der Waals surface area contributed by atoms with Gasteiger partial charge in [0.1, 0.15) is 0 Å². The fourth-order valence-corrected chi connectivity index (χ4v) is 3.40. The summed E-state index contributed by atoms with van der Waals surface area (Å²) < 4.78 is 0.955. The Kier molecular flexibility index (Phi) is 5.74. The topological polar surface area (TPSA) is 70.0 Å². The van der Waals surface area contributed by atoms with Crippen LogP contribution in [0.3, 0.4) is 0 Å². The van der Waals surface area contributed by atoms with Crippen LogP contribution in [0.2, 0.25) is 5.02 Å². The highest BCUT2D eigenvalue weighted by Gasteiger charge is 2.34. The van der Waals surface area contributed by atoms with E-state index in [0.717, 1.165) is 21.3 Å². The molecular weight excluding hydrogens is 420 g/mol. The van der Waals surface area contributed by atoms with E-state index >= 15 is 0 Å². The van der Waals surface area contributed by atoms with E-state index in [-0.39, 0.29) is 24.8 Å². The second kappa shape index (κ2) is 8.01. The molecule has 26 heavy (non-hydrogen) atoms. The van der Waals surface area contributed by atoms with Crippen molar-refractivity contribution in [2.24, 2.45) is 5.10 Å². The summed E-state index contributed by atoms with van der Waals surface area (Å²) in [5.41, 5.74) is 2.48. The van der Waals surface area contributed by atoms with Crippen LogP contribution in [0.1, 0.15) is 36.4 Å². The molecule has 0 bridgehead atoms. The van der Waals surface area contributed by atoms with Gasteiger partial charge in [0.15, 0.2) is 0 Å². The molecule has 0 saturated carbocycles. The van der Waals surface area contributed by atoms with Gasteiger partial charge in [-0.2, -0.15) is 5.10 Å². The summed E-state index contributed by atoms with van der Waals surface area (Å²) in [6.07, 6.45) is 0.186. The van der Waals surface area contributed by atoms with E-state index in [0.29, 0.717) is 11.4 Å². The first-order valence-electron chi connectivity index (χ1n) is 8.07. The molecular formula is C19H16BrClN2O3. The minimum Gasteiger partial charge on any atom is -0.481 e. The van der Waals surface area contributed by atoms with Gasteiger partial charge in [-0.15, -0.1) is 0 Å². The number of halogens is 2. The second-order valence-electron chi connectivity index (χ2n) is 5.93. The minimum absolute atomic E-state index is 0.104. The molecule has 0 aromatic heterocycles.